The number of rotatable bonds is 6. The number of halogens is 1. The Bertz CT molecular complexity index is 1790. The number of thiocarbonyl (C=S) groups is 1. The standard InChI is InChI=1S/C28H23FN6O5S/c1-13-15-5-6-19(17(15)4-3-16(13)28(38)39)34-27(37)22-9-21(33-25-18(29)11-31-35(22)25)26(36)30-10-14-2-7-23-20(8-14)32-24(41)12-40-23/h2-4,7-9,11,19H,5-6,10,12H2,1H3,(H,30,36)(H,32,41)(H,34,37)(H,38,39)/t19-/m0/s1. The summed E-state index contributed by atoms with van der Waals surface area (Å²) >= 11 is 5.15. The summed E-state index contributed by atoms with van der Waals surface area (Å²) in [4.78, 5) is 42.7. The summed E-state index contributed by atoms with van der Waals surface area (Å²) in [6.45, 7) is 2.18. The van der Waals surface area contributed by atoms with E-state index in [1.54, 1.807) is 31.2 Å². The zero-order valence-electron chi connectivity index (χ0n) is 21.7. The van der Waals surface area contributed by atoms with Gasteiger partial charge in [-0.15, -0.1) is 0 Å². The lowest BCUT2D eigenvalue weighted by Gasteiger charge is -2.20. The number of carboxylic acids is 1. The van der Waals surface area contributed by atoms with Crippen LogP contribution in [0.4, 0.5) is 10.1 Å². The lowest BCUT2D eigenvalue weighted by Crippen LogP contribution is -2.31. The number of carbonyl (C=O) groups is 3. The van der Waals surface area contributed by atoms with Gasteiger partial charge < -0.3 is 25.8 Å². The molecule has 208 valence electrons. The monoisotopic (exact) mass is 574 g/mol. The molecule has 2 aromatic carbocycles. The van der Waals surface area contributed by atoms with E-state index in [0.717, 1.165) is 27.4 Å². The number of amides is 2. The zero-order chi connectivity index (χ0) is 28.8. The number of carbonyl (C=O) groups excluding carboxylic acids is 2. The Hall–Kier alpha value is -4.91. The van der Waals surface area contributed by atoms with Crippen LogP contribution in [-0.2, 0) is 13.0 Å². The first kappa shape index (κ1) is 26.3. The highest BCUT2D eigenvalue weighted by molar-refractivity contribution is 7.80. The van der Waals surface area contributed by atoms with Crippen molar-refractivity contribution >= 4 is 46.3 Å². The highest BCUT2D eigenvalue weighted by Gasteiger charge is 2.29. The van der Waals surface area contributed by atoms with Gasteiger partial charge in [-0.25, -0.2) is 18.7 Å². The maximum atomic E-state index is 14.5. The van der Waals surface area contributed by atoms with Crippen molar-refractivity contribution in [3.63, 3.8) is 0 Å². The van der Waals surface area contributed by atoms with Gasteiger partial charge in [0, 0.05) is 12.6 Å². The number of carboxylic acid groups (broad SMARTS) is 1. The minimum absolute atomic E-state index is 0.0694. The van der Waals surface area contributed by atoms with Crippen LogP contribution < -0.4 is 20.7 Å². The average Bonchev–Trinajstić information content (AvgIpc) is 3.54. The summed E-state index contributed by atoms with van der Waals surface area (Å²) in [5, 5.41) is 22.1. The Morgan fingerprint density at radius 1 is 1.22 bits per heavy atom. The van der Waals surface area contributed by atoms with Crippen molar-refractivity contribution in [1.82, 2.24) is 25.2 Å². The highest BCUT2D eigenvalue weighted by Crippen LogP contribution is 2.35. The number of hydrogen-bond acceptors (Lipinski definition) is 7. The van der Waals surface area contributed by atoms with Crippen LogP contribution in [0.5, 0.6) is 5.75 Å². The fraction of sp³-hybridized carbons (Fsp3) is 0.214. The topological polar surface area (TPSA) is 147 Å². The second-order valence-corrected chi connectivity index (χ2v) is 10.3. The predicted molar refractivity (Wildman–Crippen MR) is 149 cm³/mol. The van der Waals surface area contributed by atoms with Crippen molar-refractivity contribution in [1.29, 1.82) is 0 Å². The largest absolute Gasteiger partial charge is 0.484 e. The summed E-state index contributed by atoms with van der Waals surface area (Å²) in [6, 6.07) is 9.46. The number of anilines is 1. The molecule has 2 aliphatic rings. The number of benzene rings is 2. The van der Waals surface area contributed by atoms with E-state index in [1.165, 1.54) is 12.1 Å². The fourth-order valence-corrected chi connectivity index (χ4v) is 5.39. The molecule has 1 atom stereocenters. The normalized spacial score (nSPS) is 15.5. The molecule has 0 fully saturated rings. The molecule has 1 aliphatic heterocycles. The first-order valence-corrected chi connectivity index (χ1v) is 13.1. The number of fused-ring (bicyclic) bond motifs is 3. The van der Waals surface area contributed by atoms with Gasteiger partial charge in [0.2, 0.25) is 0 Å². The van der Waals surface area contributed by atoms with Crippen LogP contribution in [0.2, 0.25) is 0 Å². The summed E-state index contributed by atoms with van der Waals surface area (Å²) in [5.74, 6) is -2.33. The third kappa shape index (κ3) is 4.84. The Labute approximate surface area is 237 Å². The Kier molecular flexibility index (Phi) is 6.58. The lowest BCUT2D eigenvalue weighted by atomic mass is 9.98. The maximum absolute atomic E-state index is 14.5. The summed E-state index contributed by atoms with van der Waals surface area (Å²) in [5.41, 5.74) is 3.54. The highest BCUT2D eigenvalue weighted by atomic mass is 32.1. The van der Waals surface area contributed by atoms with E-state index in [4.69, 9.17) is 17.0 Å². The minimum Gasteiger partial charge on any atom is -0.484 e. The first-order valence-electron chi connectivity index (χ1n) is 12.7. The van der Waals surface area contributed by atoms with E-state index in [9.17, 15) is 23.9 Å². The van der Waals surface area contributed by atoms with Gasteiger partial charge in [-0.2, -0.15) is 5.10 Å². The second-order valence-electron chi connectivity index (χ2n) is 9.78. The number of ether oxygens (including phenoxy) is 1. The van der Waals surface area contributed by atoms with Gasteiger partial charge in [-0.1, -0.05) is 24.4 Å². The van der Waals surface area contributed by atoms with E-state index in [2.05, 4.69) is 26.0 Å². The van der Waals surface area contributed by atoms with E-state index in [-0.39, 0.29) is 29.1 Å². The number of hydrogen-bond donors (Lipinski definition) is 4. The van der Waals surface area contributed by atoms with Crippen LogP contribution in [-0.4, -0.2) is 49.1 Å². The van der Waals surface area contributed by atoms with Crippen molar-refractivity contribution in [3.8, 4) is 5.75 Å². The zero-order valence-corrected chi connectivity index (χ0v) is 22.5. The number of nitrogens with zero attached hydrogens (tertiary/aromatic N) is 3. The number of aromatic carboxylic acids is 1. The van der Waals surface area contributed by atoms with Crippen LogP contribution in [0.25, 0.3) is 5.65 Å². The van der Waals surface area contributed by atoms with Gasteiger partial charge in [0.1, 0.15) is 28.7 Å². The molecular formula is C28H23FN6O5S. The summed E-state index contributed by atoms with van der Waals surface area (Å²) in [7, 11) is 0. The van der Waals surface area contributed by atoms with Gasteiger partial charge in [-0.05, 0) is 60.2 Å². The molecule has 0 unspecified atom stereocenters. The molecule has 1 aliphatic carbocycles. The smallest absolute Gasteiger partial charge is 0.335 e. The van der Waals surface area contributed by atoms with Gasteiger partial charge in [0.05, 0.1) is 23.5 Å². The molecule has 3 heterocycles. The van der Waals surface area contributed by atoms with E-state index in [0.29, 0.717) is 41.4 Å². The van der Waals surface area contributed by atoms with Crippen LogP contribution in [0.15, 0.2) is 42.6 Å². The molecule has 6 rings (SSSR count). The number of aromatic nitrogens is 3. The molecule has 11 nitrogen and oxygen atoms in total. The SMILES string of the molecule is Cc1c(C(=O)O)ccc2c1CC[C@@H]2NC(=O)c1cc(C(=O)NCc2ccc3c(c2)NC(=S)CO3)nc2c(F)cnn12. The fourth-order valence-electron chi connectivity index (χ4n) is 5.22. The lowest BCUT2D eigenvalue weighted by molar-refractivity contribution is 0.0695. The quantitative estimate of drug-likeness (QED) is 0.255. The molecule has 0 spiro atoms. The van der Waals surface area contributed by atoms with Crippen LogP contribution >= 0.6 is 12.2 Å². The van der Waals surface area contributed by atoms with Gasteiger partial charge in [0.25, 0.3) is 11.8 Å². The molecule has 41 heavy (non-hydrogen) atoms. The van der Waals surface area contributed by atoms with E-state index in [1.807, 2.05) is 0 Å². The molecule has 2 amide bonds. The van der Waals surface area contributed by atoms with E-state index >= 15 is 0 Å². The van der Waals surface area contributed by atoms with E-state index < -0.39 is 29.6 Å². The molecule has 4 aromatic rings. The van der Waals surface area contributed by atoms with Crippen molar-refractivity contribution < 1.29 is 28.6 Å². The van der Waals surface area contributed by atoms with Crippen molar-refractivity contribution in [2.45, 2.75) is 32.4 Å². The molecule has 0 radical (unpaired) electrons. The third-order valence-electron chi connectivity index (χ3n) is 7.25. The van der Waals surface area contributed by atoms with Crippen LogP contribution in [0.1, 0.15) is 66.1 Å². The van der Waals surface area contributed by atoms with Crippen molar-refractivity contribution in [2.75, 3.05) is 11.9 Å². The summed E-state index contributed by atoms with van der Waals surface area (Å²) in [6.07, 6.45) is 2.08. The molecule has 0 bridgehead atoms. The molecule has 0 saturated heterocycles. The van der Waals surface area contributed by atoms with Crippen molar-refractivity contribution in [2.24, 2.45) is 0 Å². The van der Waals surface area contributed by atoms with Crippen LogP contribution in [0.3, 0.4) is 0 Å². The predicted octanol–water partition coefficient (Wildman–Crippen LogP) is 3.35. The average molecular weight is 575 g/mol. The van der Waals surface area contributed by atoms with Crippen molar-refractivity contribution in [3.05, 3.63) is 87.6 Å². The van der Waals surface area contributed by atoms with Gasteiger partial charge in [0.15, 0.2) is 11.5 Å². The Morgan fingerprint density at radius 3 is 2.85 bits per heavy atom. The number of nitrogens with one attached hydrogen (secondary N) is 3. The molecular weight excluding hydrogens is 551 g/mol. The summed E-state index contributed by atoms with van der Waals surface area (Å²) < 4.78 is 21.1. The van der Waals surface area contributed by atoms with Crippen LogP contribution in [0, 0.1) is 12.7 Å². The molecule has 13 heteroatoms. The first-order chi connectivity index (χ1) is 19.7. The molecule has 2 aromatic heterocycles. The molecule has 0 saturated carbocycles. The maximum Gasteiger partial charge on any atom is 0.335 e. The molecule has 4 N–H and O–H groups in total. The third-order valence-corrected chi connectivity index (χ3v) is 7.47. The Morgan fingerprint density at radius 2 is 2.05 bits per heavy atom. The van der Waals surface area contributed by atoms with Gasteiger partial charge in [-0.3, -0.25) is 9.59 Å². The van der Waals surface area contributed by atoms with Gasteiger partial charge >= 0.3 is 5.97 Å². The Balaban J connectivity index is 1.23. The minimum atomic E-state index is -1.01. The second kappa shape index (κ2) is 10.2.